The normalized spacial score (nSPS) is 10.7. The van der Waals surface area contributed by atoms with E-state index in [4.69, 9.17) is 0 Å². The van der Waals surface area contributed by atoms with Crippen LogP contribution in [-0.4, -0.2) is 30.4 Å². The average Bonchev–Trinajstić information content (AvgIpc) is 2.68. The highest BCUT2D eigenvalue weighted by atomic mass is 32.2. The first-order chi connectivity index (χ1) is 14.3. The molecule has 154 valence electrons. The quantitative estimate of drug-likeness (QED) is 0.494. The second-order valence-electron chi connectivity index (χ2n) is 6.05. The van der Waals surface area contributed by atoms with E-state index in [1.165, 1.54) is 30.5 Å². The van der Waals surface area contributed by atoms with Gasteiger partial charge in [-0.15, -0.1) is 0 Å². The van der Waals surface area contributed by atoms with Crippen molar-refractivity contribution in [1.82, 2.24) is 15.3 Å². The van der Waals surface area contributed by atoms with Crippen LogP contribution < -0.4 is 20.7 Å². The molecule has 0 aliphatic rings. The number of sulfonamides is 1. The second-order valence-corrected chi connectivity index (χ2v) is 7.73. The Balaban J connectivity index is 1.58. The Hall–Kier alpha value is -3.99. The summed E-state index contributed by atoms with van der Waals surface area (Å²) in [4.78, 5) is 31.6. The smallest absolute Gasteiger partial charge is 0.308 e. The highest BCUT2D eigenvalue weighted by Crippen LogP contribution is 2.16. The van der Waals surface area contributed by atoms with Gasteiger partial charge in [-0.3, -0.25) is 5.32 Å². The number of aromatic nitrogens is 2. The molecule has 3 rings (SSSR count). The Kier molecular flexibility index (Phi) is 6.23. The van der Waals surface area contributed by atoms with Gasteiger partial charge in [0.05, 0.1) is 4.90 Å². The van der Waals surface area contributed by atoms with Crippen molar-refractivity contribution in [2.75, 3.05) is 15.4 Å². The zero-order valence-corrected chi connectivity index (χ0v) is 16.6. The molecule has 1 heterocycles. The molecule has 0 fully saturated rings. The van der Waals surface area contributed by atoms with Crippen molar-refractivity contribution in [3.05, 3.63) is 72.6 Å². The monoisotopic (exact) mass is 426 g/mol. The molecule has 0 radical (unpaired) electrons. The Morgan fingerprint density at radius 3 is 2.03 bits per heavy atom. The number of aryl methyl sites for hydroxylation is 1. The van der Waals surface area contributed by atoms with Gasteiger partial charge in [-0.05, 0) is 49.4 Å². The maximum atomic E-state index is 12.4. The molecule has 0 saturated carbocycles. The van der Waals surface area contributed by atoms with Gasteiger partial charge >= 0.3 is 12.1 Å². The molecule has 0 unspecified atom stereocenters. The van der Waals surface area contributed by atoms with Crippen LogP contribution in [0.1, 0.15) is 5.69 Å². The molecule has 0 atom stereocenters. The number of nitrogens with one attached hydrogen (secondary N) is 4. The Bertz CT molecular complexity index is 1150. The van der Waals surface area contributed by atoms with E-state index in [-0.39, 0.29) is 10.8 Å². The highest BCUT2D eigenvalue weighted by molar-refractivity contribution is 7.92. The summed E-state index contributed by atoms with van der Waals surface area (Å²) < 4.78 is 27.1. The van der Waals surface area contributed by atoms with Crippen molar-refractivity contribution >= 4 is 39.4 Å². The Labute approximate surface area is 172 Å². The summed E-state index contributed by atoms with van der Waals surface area (Å²) in [6.07, 6.45) is 1.44. The van der Waals surface area contributed by atoms with Crippen molar-refractivity contribution < 1.29 is 18.0 Å². The number of hydrogen-bond acceptors (Lipinski definition) is 6. The van der Waals surface area contributed by atoms with Crippen LogP contribution in [0.15, 0.2) is 71.8 Å². The molecule has 3 aromatic rings. The number of anilines is 3. The van der Waals surface area contributed by atoms with Crippen LogP contribution in [0.3, 0.4) is 0 Å². The third kappa shape index (κ3) is 5.75. The summed E-state index contributed by atoms with van der Waals surface area (Å²) >= 11 is 0. The molecule has 11 heteroatoms. The van der Waals surface area contributed by atoms with Gasteiger partial charge in [0.25, 0.3) is 10.0 Å². The first kappa shape index (κ1) is 20.7. The van der Waals surface area contributed by atoms with Gasteiger partial charge in [0, 0.05) is 23.3 Å². The summed E-state index contributed by atoms with van der Waals surface area (Å²) in [6.45, 7) is 1.71. The van der Waals surface area contributed by atoms with Gasteiger partial charge < -0.3 is 10.6 Å². The number of hydrogen-bond donors (Lipinski definition) is 4. The lowest BCUT2D eigenvalue weighted by molar-refractivity contribution is 0.240. The molecule has 1 aromatic heterocycles. The minimum Gasteiger partial charge on any atom is -0.308 e. The molecular formula is C19H18N6O4S. The second kappa shape index (κ2) is 9.01. The first-order valence-corrected chi connectivity index (χ1v) is 10.2. The van der Waals surface area contributed by atoms with E-state index in [1.54, 1.807) is 43.3 Å². The lowest BCUT2D eigenvalue weighted by Crippen LogP contribution is -2.37. The topological polar surface area (TPSA) is 142 Å². The summed E-state index contributed by atoms with van der Waals surface area (Å²) in [7, 11) is -3.90. The van der Waals surface area contributed by atoms with Crippen molar-refractivity contribution in [2.24, 2.45) is 0 Å². The van der Waals surface area contributed by atoms with Crippen molar-refractivity contribution in [1.29, 1.82) is 0 Å². The maximum Gasteiger partial charge on any atom is 0.327 e. The summed E-state index contributed by atoms with van der Waals surface area (Å²) in [6, 6.07) is 14.2. The van der Waals surface area contributed by atoms with Crippen LogP contribution in [0, 0.1) is 6.92 Å². The number of rotatable bonds is 5. The zero-order chi connectivity index (χ0) is 21.6. The van der Waals surface area contributed by atoms with E-state index in [0.29, 0.717) is 17.1 Å². The Morgan fingerprint density at radius 1 is 0.833 bits per heavy atom. The average molecular weight is 426 g/mol. The SMILES string of the molecule is Cc1ccnc(NS(=O)(=O)c2ccc(NC(=O)NC(=O)Nc3ccccc3)cc2)n1. The van der Waals surface area contributed by atoms with Crippen LogP contribution >= 0.6 is 0 Å². The van der Waals surface area contributed by atoms with Crippen LogP contribution in [0.5, 0.6) is 0 Å². The third-order valence-corrected chi connectivity index (χ3v) is 5.05. The summed E-state index contributed by atoms with van der Waals surface area (Å²) in [5, 5.41) is 7.06. The van der Waals surface area contributed by atoms with Gasteiger partial charge in [-0.25, -0.2) is 32.7 Å². The summed E-state index contributed by atoms with van der Waals surface area (Å²) in [5.74, 6) is -0.0407. The predicted octanol–water partition coefficient (Wildman–Crippen LogP) is 2.94. The third-order valence-electron chi connectivity index (χ3n) is 3.70. The van der Waals surface area contributed by atoms with Gasteiger partial charge in [0.1, 0.15) is 0 Å². The lowest BCUT2D eigenvalue weighted by atomic mass is 10.3. The van der Waals surface area contributed by atoms with Crippen LogP contribution in [0.4, 0.5) is 26.9 Å². The van der Waals surface area contributed by atoms with E-state index in [1.807, 2.05) is 0 Å². The van der Waals surface area contributed by atoms with E-state index in [9.17, 15) is 18.0 Å². The molecule has 0 aliphatic heterocycles. The molecule has 0 saturated heterocycles. The van der Waals surface area contributed by atoms with Crippen molar-refractivity contribution in [3.8, 4) is 0 Å². The lowest BCUT2D eigenvalue weighted by Gasteiger charge is -2.10. The van der Waals surface area contributed by atoms with E-state index >= 15 is 0 Å². The number of nitrogens with zero attached hydrogens (tertiary/aromatic N) is 2. The zero-order valence-electron chi connectivity index (χ0n) is 15.8. The van der Waals surface area contributed by atoms with Crippen LogP contribution in [0.25, 0.3) is 0 Å². The molecule has 4 amide bonds. The predicted molar refractivity (Wildman–Crippen MR) is 112 cm³/mol. The van der Waals surface area contributed by atoms with Gasteiger partial charge in [0.2, 0.25) is 5.95 Å². The maximum absolute atomic E-state index is 12.4. The number of imide groups is 1. The van der Waals surface area contributed by atoms with E-state index in [0.717, 1.165) is 0 Å². The molecule has 0 aliphatic carbocycles. The van der Waals surface area contributed by atoms with Crippen molar-refractivity contribution in [2.45, 2.75) is 11.8 Å². The number of benzene rings is 2. The highest BCUT2D eigenvalue weighted by Gasteiger charge is 2.16. The molecular weight excluding hydrogens is 408 g/mol. The van der Waals surface area contributed by atoms with Gasteiger partial charge in [-0.1, -0.05) is 18.2 Å². The largest absolute Gasteiger partial charge is 0.327 e. The Morgan fingerprint density at radius 2 is 1.43 bits per heavy atom. The fraction of sp³-hybridized carbons (Fsp3) is 0.0526. The fourth-order valence-corrected chi connectivity index (χ4v) is 3.29. The van der Waals surface area contributed by atoms with Crippen molar-refractivity contribution in [3.63, 3.8) is 0 Å². The number of carbonyl (C=O) groups is 2. The minimum absolute atomic E-state index is 0.0407. The van der Waals surface area contributed by atoms with Gasteiger partial charge in [-0.2, -0.15) is 0 Å². The van der Waals surface area contributed by atoms with Gasteiger partial charge in [0.15, 0.2) is 0 Å². The first-order valence-electron chi connectivity index (χ1n) is 8.68. The minimum atomic E-state index is -3.90. The number of carbonyl (C=O) groups excluding carboxylic acids is 2. The summed E-state index contributed by atoms with van der Waals surface area (Å²) in [5.41, 5.74) is 1.44. The van der Waals surface area contributed by atoms with Crippen LogP contribution in [0.2, 0.25) is 0 Å². The molecule has 0 bridgehead atoms. The molecule has 10 nitrogen and oxygen atoms in total. The molecule has 4 N–H and O–H groups in total. The fourth-order valence-electron chi connectivity index (χ4n) is 2.34. The molecule has 2 aromatic carbocycles. The van der Waals surface area contributed by atoms with Crippen LogP contribution in [-0.2, 0) is 10.0 Å². The molecule has 0 spiro atoms. The van der Waals surface area contributed by atoms with E-state index < -0.39 is 22.1 Å². The number of amides is 4. The van der Waals surface area contributed by atoms with E-state index in [2.05, 4.69) is 30.6 Å². The standard InChI is InChI=1S/C19H18N6O4S/c1-13-11-12-20-17(21-13)25-30(28,29)16-9-7-15(8-10-16)23-19(27)24-18(26)22-14-5-3-2-4-6-14/h2-12H,1H3,(H,20,21,25)(H3,22,23,24,26,27). The molecule has 30 heavy (non-hydrogen) atoms. The number of urea groups is 2. The number of para-hydroxylation sites is 1.